The number of hydrogen-bond acceptors (Lipinski definition) is 7. The lowest BCUT2D eigenvalue weighted by Crippen LogP contribution is -2.55. The number of fused-ring (bicyclic) bond motifs is 1. The molecule has 34 heavy (non-hydrogen) atoms. The zero-order valence-corrected chi connectivity index (χ0v) is 19.0. The van der Waals surface area contributed by atoms with Crippen molar-refractivity contribution in [1.82, 2.24) is 25.1 Å². The van der Waals surface area contributed by atoms with Crippen LogP contribution in [0.2, 0.25) is 0 Å². The monoisotopic (exact) mass is 461 g/mol. The van der Waals surface area contributed by atoms with Gasteiger partial charge >= 0.3 is 6.03 Å². The summed E-state index contributed by atoms with van der Waals surface area (Å²) in [6.07, 6.45) is 4.95. The fraction of sp³-hybridized carbons (Fsp3) is 0.417. The summed E-state index contributed by atoms with van der Waals surface area (Å²) in [7, 11) is 1.94. The van der Waals surface area contributed by atoms with E-state index in [0.717, 1.165) is 36.5 Å². The van der Waals surface area contributed by atoms with Crippen LogP contribution in [0.5, 0.6) is 5.75 Å². The van der Waals surface area contributed by atoms with E-state index in [1.54, 1.807) is 17.4 Å². The summed E-state index contributed by atoms with van der Waals surface area (Å²) < 4.78 is 13.8. The van der Waals surface area contributed by atoms with Gasteiger partial charge in [0.1, 0.15) is 17.8 Å². The molecule has 3 aliphatic heterocycles. The van der Waals surface area contributed by atoms with Gasteiger partial charge in [-0.2, -0.15) is 0 Å². The van der Waals surface area contributed by atoms with Crippen LogP contribution in [0.1, 0.15) is 17.8 Å². The van der Waals surface area contributed by atoms with Crippen LogP contribution >= 0.6 is 0 Å². The topological polar surface area (TPSA) is 106 Å². The smallest absolute Gasteiger partial charge is 0.327 e. The molecule has 2 fully saturated rings. The van der Waals surface area contributed by atoms with Gasteiger partial charge in [0.05, 0.1) is 19.8 Å². The molecule has 176 valence electrons. The molecule has 2 N–H and O–H groups in total. The van der Waals surface area contributed by atoms with Crippen LogP contribution in [-0.4, -0.2) is 64.2 Å². The zero-order valence-electron chi connectivity index (χ0n) is 19.0. The fourth-order valence-electron chi connectivity index (χ4n) is 5.01. The van der Waals surface area contributed by atoms with Gasteiger partial charge in [-0.25, -0.2) is 9.78 Å². The Morgan fingerprint density at radius 1 is 1.26 bits per heavy atom. The summed E-state index contributed by atoms with van der Waals surface area (Å²) in [6.45, 7) is 3.22. The van der Waals surface area contributed by atoms with E-state index >= 15 is 0 Å². The first-order valence-corrected chi connectivity index (χ1v) is 11.5. The van der Waals surface area contributed by atoms with Crippen LogP contribution in [0.15, 0.2) is 48.9 Å². The second kappa shape index (κ2) is 8.07. The second-order valence-corrected chi connectivity index (χ2v) is 9.44. The van der Waals surface area contributed by atoms with Crippen molar-refractivity contribution in [3.05, 3.63) is 60.3 Å². The molecule has 10 heteroatoms. The van der Waals surface area contributed by atoms with Crippen molar-refractivity contribution in [3.8, 4) is 5.75 Å². The summed E-state index contributed by atoms with van der Waals surface area (Å²) >= 11 is 0. The first kappa shape index (κ1) is 21.1. The molecule has 6 rings (SSSR count). The molecule has 0 bridgehead atoms. The molecule has 1 unspecified atom stereocenters. The van der Waals surface area contributed by atoms with E-state index in [1.165, 1.54) is 0 Å². The number of carbonyl (C=O) groups is 1. The maximum Gasteiger partial charge on any atom is 0.327 e. The Hall–Kier alpha value is -3.50. The lowest BCUT2D eigenvalue weighted by Gasteiger charge is -2.42. The second-order valence-electron chi connectivity index (χ2n) is 9.44. The van der Waals surface area contributed by atoms with Gasteiger partial charge in [-0.3, -0.25) is 4.90 Å². The number of carbonyl (C=O) groups excluding carboxylic acids is 1. The summed E-state index contributed by atoms with van der Waals surface area (Å²) in [6, 6.07) is 11.5. The maximum absolute atomic E-state index is 13.5. The number of amides is 2. The van der Waals surface area contributed by atoms with Gasteiger partial charge in [0.15, 0.2) is 11.6 Å². The van der Waals surface area contributed by atoms with Gasteiger partial charge in [0, 0.05) is 43.7 Å². The molecule has 1 spiro atoms. The number of ether oxygens (including phenoxy) is 2. The standard InChI is InChI=1S/C24H27N7O3/c1-30-16-27-29-20(30)11-23(14-33-15-23)17-4-2-5-18(10-17)28-22(32)31-13-24(7-9-25-12-24)34-19-6-3-8-26-21(19)31/h2-6,8,10,16,25H,7,9,11-15H2,1H3,(H,28,32). The molecule has 0 aliphatic carbocycles. The zero-order chi connectivity index (χ0) is 23.2. The Morgan fingerprint density at radius 3 is 2.91 bits per heavy atom. The Labute approximate surface area is 197 Å². The molecule has 0 radical (unpaired) electrons. The van der Waals surface area contributed by atoms with Crippen molar-refractivity contribution in [3.63, 3.8) is 0 Å². The molecule has 2 saturated heterocycles. The number of aryl methyl sites for hydroxylation is 1. The summed E-state index contributed by atoms with van der Waals surface area (Å²) in [4.78, 5) is 19.6. The fourth-order valence-corrected chi connectivity index (χ4v) is 5.01. The van der Waals surface area contributed by atoms with Crippen molar-refractivity contribution < 1.29 is 14.3 Å². The number of nitrogens with one attached hydrogen (secondary N) is 2. The van der Waals surface area contributed by atoms with Crippen LogP contribution in [0.25, 0.3) is 0 Å². The number of hydrogen-bond donors (Lipinski definition) is 2. The Balaban J connectivity index is 1.25. The molecule has 1 atom stereocenters. The van der Waals surface area contributed by atoms with Crippen molar-refractivity contribution in [2.75, 3.05) is 43.1 Å². The van der Waals surface area contributed by atoms with Crippen molar-refractivity contribution in [1.29, 1.82) is 0 Å². The number of urea groups is 1. The molecule has 3 aliphatic rings. The summed E-state index contributed by atoms with van der Waals surface area (Å²) in [5.74, 6) is 2.08. The maximum atomic E-state index is 13.5. The third-order valence-electron chi connectivity index (χ3n) is 7.01. The highest BCUT2D eigenvalue weighted by molar-refractivity contribution is 6.02. The average Bonchev–Trinajstić information content (AvgIpc) is 3.44. The Morgan fingerprint density at radius 2 is 2.18 bits per heavy atom. The highest BCUT2D eigenvalue weighted by atomic mass is 16.5. The summed E-state index contributed by atoms with van der Waals surface area (Å²) in [5.41, 5.74) is 1.22. The lowest BCUT2D eigenvalue weighted by molar-refractivity contribution is -0.0610. The van der Waals surface area contributed by atoms with Gasteiger partial charge in [-0.05, 0) is 36.4 Å². The number of benzene rings is 1. The Kier molecular flexibility index (Phi) is 5.00. The number of anilines is 2. The summed E-state index contributed by atoms with van der Waals surface area (Å²) in [5, 5.41) is 14.7. The van der Waals surface area contributed by atoms with Crippen LogP contribution in [0.4, 0.5) is 16.3 Å². The average molecular weight is 462 g/mol. The lowest BCUT2D eigenvalue weighted by atomic mass is 9.75. The first-order valence-electron chi connectivity index (χ1n) is 11.5. The number of aromatic nitrogens is 4. The van der Waals surface area contributed by atoms with E-state index in [2.05, 4.69) is 31.9 Å². The molecule has 1 aromatic carbocycles. The minimum absolute atomic E-state index is 0.186. The Bertz CT molecular complexity index is 1220. The van der Waals surface area contributed by atoms with E-state index < -0.39 is 5.60 Å². The highest BCUT2D eigenvalue weighted by Crippen LogP contribution is 2.39. The molecule has 10 nitrogen and oxygen atoms in total. The van der Waals surface area contributed by atoms with Gasteiger partial charge in [-0.15, -0.1) is 10.2 Å². The molecular weight excluding hydrogens is 434 g/mol. The van der Waals surface area contributed by atoms with Gasteiger partial charge in [0.25, 0.3) is 0 Å². The van der Waals surface area contributed by atoms with E-state index in [0.29, 0.717) is 37.9 Å². The molecule has 2 aromatic heterocycles. The van der Waals surface area contributed by atoms with Crippen molar-refractivity contribution in [2.45, 2.75) is 23.9 Å². The van der Waals surface area contributed by atoms with Crippen LogP contribution in [-0.2, 0) is 23.6 Å². The van der Waals surface area contributed by atoms with Gasteiger partial charge < -0.3 is 24.7 Å². The molecule has 2 amide bonds. The predicted molar refractivity (Wildman–Crippen MR) is 125 cm³/mol. The predicted octanol–water partition coefficient (Wildman–Crippen LogP) is 1.88. The number of pyridine rings is 1. The van der Waals surface area contributed by atoms with E-state index in [4.69, 9.17) is 9.47 Å². The molecule has 0 saturated carbocycles. The van der Waals surface area contributed by atoms with Crippen molar-refractivity contribution >= 4 is 17.5 Å². The largest absolute Gasteiger partial charge is 0.480 e. The van der Waals surface area contributed by atoms with Crippen LogP contribution in [0, 0.1) is 0 Å². The van der Waals surface area contributed by atoms with Gasteiger partial charge in [-0.1, -0.05) is 12.1 Å². The molecule has 3 aromatic rings. The highest BCUT2D eigenvalue weighted by Gasteiger charge is 2.45. The quantitative estimate of drug-likeness (QED) is 0.611. The molecule has 5 heterocycles. The number of rotatable bonds is 4. The normalized spacial score (nSPS) is 22.7. The third-order valence-corrected chi connectivity index (χ3v) is 7.01. The van der Waals surface area contributed by atoms with Crippen LogP contribution < -0.4 is 20.3 Å². The first-order chi connectivity index (χ1) is 16.6. The third kappa shape index (κ3) is 3.59. The SMILES string of the molecule is Cn1cnnc1CC1(c2cccc(NC(=O)N3CC4(CCNC4)Oc4cccnc43)c2)COC1. The van der Waals surface area contributed by atoms with E-state index in [1.807, 2.05) is 41.9 Å². The minimum Gasteiger partial charge on any atom is -0.480 e. The molecular formula is C24H27N7O3. The number of nitrogens with zero attached hydrogens (tertiary/aromatic N) is 5. The van der Waals surface area contributed by atoms with Crippen LogP contribution in [0.3, 0.4) is 0 Å². The minimum atomic E-state index is -0.432. The van der Waals surface area contributed by atoms with E-state index in [-0.39, 0.29) is 11.4 Å². The van der Waals surface area contributed by atoms with Crippen molar-refractivity contribution in [2.24, 2.45) is 7.05 Å². The van der Waals surface area contributed by atoms with Gasteiger partial charge in [0.2, 0.25) is 0 Å². The van der Waals surface area contributed by atoms with E-state index in [9.17, 15) is 4.79 Å².